The fourth-order valence-electron chi connectivity index (χ4n) is 1.90. The van der Waals surface area contributed by atoms with E-state index in [0.29, 0.717) is 17.2 Å². The standard InChI is InChI=1S/C14H19N5O/c1-9(2)10(3)19-11(4)13(8-17-19)14(20)18-12-5-6-15-16-7-12/h5-10H,1-4H3,(H,15,18,20). The van der Waals surface area contributed by atoms with E-state index in [4.69, 9.17) is 0 Å². The maximum Gasteiger partial charge on any atom is 0.259 e. The van der Waals surface area contributed by atoms with Crippen molar-refractivity contribution in [3.05, 3.63) is 35.9 Å². The van der Waals surface area contributed by atoms with E-state index < -0.39 is 0 Å². The van der Waals surface area contributed by atoms with Crippen molar-refractivity contribution in [3.63, 3.8) is 0 Å². The van der Waals surface area contributed by atoms with E-state index in [-0.39, 0.29) is 11.9 Å². The molecular weight excluding hydrogens is 254 g/mol. The van der Waals surface area contributed by atoms with Crippen molar-refractivity contribution >= 4 is 11.6 Å². The number of aromatic nitrogens is 4. The van der Waals surface area contributed by atoms with Crippen LogP contribution < -0.4 is 5.32 Å². The molecule has 2 aromatic heterocycles. The number of hydrogen-bond donors (Lipinski definition) is 1. The number of anilines is 1. The van der Waals surface area contributed by atoms with Gasteiger partial charge in [0.1, 0.15) is 0 Å². The summed E-state index contributed by atoms with van der Waals surface area (Å²) in [5, 5.41) is 14.5. The largest absolute Gasteiger partial charge is 0.320 e. The van der Waals surface area contributed by atoms with Crippen LogP contribution in [0.1, 0.15) is 42.9 Å². The molecule has 1 N–H and O–H groups in total. The number of carbonyl (C=O) groups excluding carboxylic acids is 1. The lowest BCUT2D eigenvalue weighted by atomic mass is 10.1. The van der Waals surface area contributed by atoms with E-state index in [1.54, 1.807) is 12.3 Å². The first-order chi connectivity index (χ1) is 9.50. The van der Waals surface area contributed by atoms with Gasteiger partial charge in [-0.1, -0.05) is 13.8 Å². The van der Waals surface area contributed by atoms with Crippen LogP contribution in [0.2, 0.25) is 0 Å². The Bertz CT molecular complexity index is 591. The molecule has 6 heteroatoms. The fourth-order valence-corrected chi connectivity index (χ4v) is 1.90. The Balaban J connectivity index is 2.19. The molecule has 0 aliphatic carbocycles. The molecule has 0 fully saturated rings. The van der Waals surface area contributed by atoms with Crippen molar-refractivity contribution in [1.29, 1.82) is 0 Å². The highest BCUT2D eigenvalue weighted by Crippen LogP contribution is 2.20. The molecule has 1 unspecified atom stereocenters. The van der Waals surface area contributed by atoms with Crippen LogP contribution in [0.5, 0.6) is 0 Å². The number of carbonyl (C=O) groups is 1. The smallest absolute Gasteiger partial charge is 0.259 e. The zero-order valence-corrected chi connectivity index (χ0v) is 12.2. The molecule has 6 nitrogen and oxygen atoms in total. The first kappa shape index (κ1) is 14.2. The Kier molecular flexibility index (Phi) is 4.12. The average molecular weight is 273 g/mol. The average Bonchev–Trinajstić information content (AvgIpc) is 2.80. The lowest BCUT2D eigenvalue weighted by Gasteiger charge is -2.18. The summed E-state index contributed by atoms with van der Waals surface area (Å²) < 4.78 is 1.89. The Hall–Kier alpha value is -2.24. The van der Waals surface area contributed by atoms with Crippen LogP contribution in [0, 0.1) is 12.8 Å². The summed E-state index contributed by atoms with van der Waals surface area (Å²) in [4.78, 5) is 12.2. The molecule has 2 aromatic rings. The van der Waals surface area contributed by atoms with E-state index >= 15 is 0 Å². The molecule has 0 spiro atoms. The Morgan fingerprint density at radius 1 is 1.25 bits per heavy atom. The van der Waals surface area contributed by atoms with Gasteiger partial charge in [-0.3, -0.25) is 9.48 Å². The topological polar surface area (TPSA) is 72.7 Å². The number of hydrogen-bond acceptors (Lipinski definition) is 4. The summed E-state index contributed by atoms with van der Waals surface area (Å²) in [5.41, 5.74) is 2.06. The van der Waals surface area contributed by atoms with Crippen LogP contribution in [-0.4, -0.2) is 25.9 Å². The number of amides is 1. The molecule has 2 heterocycles. The molecule has 0 aliphatic rings. The van der Waals surface area contributed by atoms with E-state index in [9.17, 15) is 4.79 Å². The van der Waals surface area contributed by atoms with Crippen molar-refractivity contribution in [3.8, 4) is 0 Å². The third-order valence-electron chi connectivity index (χ3n) is 3.48. The molecule has 0 saturated carbocycles. The van der Waals surface area contributed by atoms with Gasteiger partial charge in [0, 0.05) is 5.69 Å². The Labute approximate surface area is 118 Å². The van der Waals surface area contributed by atoms with Crippen molar-refractivity contribution in [2.24, 2.45) is 5.92 Å². The maximum atomic E-state index is 12.2. The molecule has 1 atom stereocenters. The minimum Gasteiger partial charge on any atom is -0.320 e. The van der Waals surface area contributed by atoms with Gasteiger partial charge in [0.05, 0.1) is 35.9 Å². The second-order valence-corrected chi connectivity index (χ2v) is 5.16. The summed E-state index contributed by atoms with van der Waals surface area (Å²) in [6, 6.07) is 1.95. The van der Waals surface area contributed by atoms with Gasteiger partial charge in [0.15, 0.2) is 0 Å². The van der Waals surface area contributed by atoms with Gasteiger partial charge in [0.2, 0.25) is 0 Å². The van der Waals surface area contributed by atoms with E-state index in [1.807, 2.05) is 11.6 Å². The van der Waals surface area contributed by atoms with Crippen LogP contribution in [0.3, 0.4) is 0 Å². The Morgan fingerprint density at radius 3 is 2.60 bits per heavy atom. The van der Waals surface area contributed by atoms with E-state index in [1.165, 1.54) is 12.4 Å². The van der Waals surface area contributed by atoms with Gasteiger partial charge in [-0.25, -0.2) is 0 Å². The third kappa shape index (κ3) is 2.84. The summed E-state index contributed by atoms with van der Waals surface area (Å²) >= 11 is 0. The first-order valence-corrected chi connectivity index (χ1v) is 6.63. The summed E-state index contributed by atoms with van der Waals surface area (Å²) in [5.74, 6) is 0.270. The number of rotatable bonds is 4. The second-order valence-electron chi connectivity index (χ2n) is 5.16. The van der Waals surface area contributed by atoms with Gasteiger partial charge in [-0.15, -0.1) is 0 Å². The maximum absolute atomic E-state index is 12.2. The first-order valence-electron chi connectivity index (χ1n) is 6.63. The highest BCUT2D eigenvalue weighted by Gasteiger charge is 2.19. The molecule has 0 bridgehead atoms. The van der Waals surface area contributed by atoms with Crippen LogP contribution in [0.25, 0.3) is 0 Å². The predicted octanol–water partition coefficient (Wildman–Crippen LogP) is 2.45. The van der Waals surface area contributed by atoms with Gasteiger partial charge < -0.3 is 5.32 Å². The van der Waals surface area contributed by atoms with Gasteiger partial charge in [-0.05, 0) is 25.8 Å². The lowest BCUT2D eigenvalue weighted by molar-refractivity contribution is 0.102. The Morgan fingerprint density at radius 2 is 2.00 bits per heavy atom. The van der Waals surface area contributed by atoms with Crippen molar-refractivity contribution < 1.29 is 4.79 Å². The van der Waals surface area contributed by atoms with Crippen LogP contribution >= 0.6 is 0 Å². The highest BCUT2D eigenvalue weighted by atomic mass is 16.1. The SMILES string of the molecule is Cc1c(C(=O)Nc2ccnnc2)cnn1C(C)C(C)C. The number of nitrogens with one attached hydrogen (secondary N) is 1. The molecular formula is C14H19N5O. The van der Waals surface area contributed by atoms with Crippen molar-refractivity contribution in [2.75, 3.05) is 5.32 Å². The van der Waals surface area contributed by atoms with Gasteiger partial charge >= 0.3 is 0 Å². The minimum absolute atomic E-state index is 0.183. The predicted molar refractivity (Wildman–Crippen MR) is 76.5 cm³/mol. The van der Waals surface area contributed by atoms with E-state index in [0.717, 1.165) is 5.69 Å². The van der Waals surface area contributed by atoms with Crippen LogP contribution in [-0.2, 0) is 0 Å². The summed E-state index contributed by atoms with van der Waals surface area (Å²) in [6.45, 7) is 8.27. The lowest BCUT2D eigenvalue weighted by Crippen LogP contribution is -2.17. The molecule has 0 aliphatic heterocycles. The molecule has 0 aromatic carbocycles. The van der Waals surface area contributed by atoms with Crippen LogP contribution in [0.15, 0.2) is 24.7 Å². The minimum atomic E-state index is -0.183. The highest BCUT2D eigenvalue weighted by molar-refractivity contribution is 6.04. The van der Waals surface area contributed by atoms with Crippen molar-refractivity contribution in [1.82, 2.24) is 20.0 Å². The van der Waals surface area contributed by atoms with E-state index in [2.05, 4.69) is 41.4 Å². The zero-order chi connectivity index (χ0) is 14.7. The zero-order valence-electron chi connectivity index (χ0n) is 12.2. The summed E-state index contributed by atoms with van der Waals surface area (Å²) in [7, 11) is 0. The molecule has 20 heavy (non-hydrogen) atoms. The molecule has 2 rings (SSSR count). The number of nitrogens with zero attached hydrogens (tertiary/aromatic N) is 4. The van der Waals surface area contributed by atoms with Crippen LogP contribution in [0.4, 0.5) is 5.69 Å². The molecule has 0 saturated heterocycles. The molecule has 0 radical (unpaired) electrons. The fraction of sp³-hybridized carbons (Fsp3) is 0.429. The third-order valence-corrected chi connectivity index (χ3v) is 3.48. The second kappa shape index (κ2) is 5.81. The molecule has 1 amide bonds. The quantitative estimate of drug-likeness (QED) is 0.928. The van der Waals surface area contributed by atoms with Gasteiger partial charge in [-0.2, -0.15) is 15.3 Å². The van der Waals surface area contributed by atoms with Crippen molar-refractivity contribution in [2.45, 2.75) is 33.7 Å². The molecule has 106 valence electrons. The summed E-state index contributed by atoms with van der Waals surface area (Å²) in [6.07, 6.45) is 4.65. The monoisotopic (exact) mass is 273 g/mol. The van der Waals surface area contributed by atoms with Gasteiger partial charge in [0.25, 0.3) is 5.91 Å². The normalized spacial score (nSPS) is 12.4.